The molecule has 0 saturated carbocycles. The maximum absolute atomic E-state index is 11.6. The van der Waals surface area contributed by atoms with Gasteiger partial charge in [-0.15, -0.1) is 0 Å². The molecule has 0 aromatic heterocycles. The van der Waals surface area contributed by atoms with E-state index in [1.54, 1.807) is 0 Å². The number of likely N-dealkylation sites (N-methyl/N-ethyl adjacent to an activating group) is 1. The Kier molecular flexibility index (Phi) is 5.93. The molecule has 0 aromatic carbocycles. The van der Waals surface area contributed by atoms with Gasteiger partial charge in [0.1, 0.15) is 0 Å². The van der Waals surface area contributed by atoms with Gasteiger partial charge in [0.25, 0.3) is 0 Å². The molecular formula is C11H22N4O2. The summed E-state index contributed by atoms with van der Waals surface area (Å²) < 4.78 is 0. The Morgan fingerprint density at radius 2 is 2.06 bits per heavy atom. The number of amides is 3. The molecule has 1 atom stereocenters. The zero-order valence-electron chi connectivity index (χ0n) is 10.6. The summed E-state index contributed by atoms with van der Waals surface area (Å²) in [4.78, 5) is 24.7. The van der Waals surface area contributed by atoms with Gasteiger partial charge in [0.05, 0.1) is 6.54 Å². The van der Waals surface area contributed by atoms with Crippen LogP contribution in [0.1, 0.15) is 19.3 Å². The topological polar surface area (TPSA) is 73.5 Å². The number of rotatable bonds is 4. The van der Waals surface area contributed by atoms with Gasteiger partial charge in [-0.05, 0) is 26.4 Å². The van der Waals surface area contributed by atoms with Crippen molar-refractivity contribution in [3.8, 4) is 0 Å². The summed E-state index contributed by atoms with van der Waals surface area (Å²) >= 11 is 0. The number of urea groups is 1. The van der Waals surface area contributed by atoms with E-state index in [0.717, 1.165) is 25.9 Å². The molecule has 0 radical (unpaired) electrons. The summed E-state index contributed by atoms with van der Waals surface area (Å²) in [7, 11) is 3.41. The summed E-state index contributed by atoms with van der Waals surface area (Å²) in [6.45, 7) is 2.10. The Hall–Kier alpha value is -1.14. The van der Waals surface area contributed by atoms with E-state index in [1.807, 2.05) is 7.05 Å². The van der Waals surface area contributed by atoms with E-state index in [0.29, 0.717) is 12.6 Å². The van der Waals surface area contributed by atoms with Gasteiger partial charge >= 0.3 is 6.03 Å². The van der Waals surface area contributed by atoms with Crippen molar-refractivity contribution in [2.45, 2.75) is 25.3 Å². The molecule has 0 aromatic rings. The Balaban J connectivity index is 2.41. The highest BCUT2D eigenvalue weighted by Crippen LogP contribution is 2.15. The SMILES string of the molecule is CNCC1CCCCN1CC(=O)NC(=O)NC. The van der Waals surface area contributed by atoms with E-state index in [1.165, 1.54) is 13.5 Å². The van der Waals surface area contributed by atoms with Crippen molar-refractivity contribution >= 4 is 11.9 Å². The lowest BCUT2D eigenvalue weighted by molar-refractivity contribution is -0.122. The normalized spacial score (nSPS) is 20.9. The summed E-state index contributed by atoms with van der Waals surface area (Å²) in [5, 5.41) is 7.80. The lowest BCUT2D eigenvalue weighted by atomic mass is 10.0. The van der Waals surface area contributed by atoms with Crippen LogP contribution in [-0.2, 0) is 4.79 Å². The quantitative estimate of drug-likeness (QED) is 0.622. The minimum Gasteiger partial charge on any atom is -0.341 e. The van der Waals surface area contributed by atoms with Crippen LogP contribution in [0.4, 0.5) is 4.79 Å². The molecule has 1 heterocycles. The van der Waals surface area contributed by atoms with E-state index in [9.17, 15) is 9.59 Å². The van der Waals surface area contributed by atoms with Crippen molar-refractivity contribution in [1.82, 2.24) is 20.9 Å². The first-order valence-electron chi connectivity index (χ1n) is 6.07. The lowest BCUT2D eigenvalue weighted by Crippen LogP contribution is -2.50. The van der Waals surface area contributed by atoms with Crippen molar-refractivity contribution in [3.05, 3.63) is 0 Å². The largest absolute Gasteiger partial charge is 0.341 e. The zero-order valence-corrected chi connectivity index (χ0v) is 10.6. The molecule has 98 valence electrons. The van der Waals surface area contributed by atoms with Crippen molar-refractivity contribution in [1.29, 1.82) is 0 Å². The standard InChI is InChI=1S/C11H22N4O2/c1-12-7-9-5-3-4-6-15(9)8-10(16)14-11(17)13-2/h9,12H,3-8H2,1-2H3,(H2,13,14,16,17). The second-order valence-electron chi connectivity index (χ2n) is 4.31. The molecule has 0 spiro atoms. The van der Waals surface area contributed by atoms with Crippen molar-refractivity contribution < 1.29 is 9.59 Å². The molecule has 0 aliphatic carbocycles. The number of nitrogens with zero attached hydrogens (tertiary/aromatic N) is 1. The van der Waals surface area contributed by atoms with Crippen molar-refractivity contribution in [2.24, 2.45) is 0 Å². The monoisotopic (exact) mass is 242 g/mol. The predicted octanol–water partition coefficient (Wildman–Crippen LogP) is -0.484. The van der Waals surface area contributed by atoms with E-state index < -0.39 is 6.03 Å². The molecular weight excluding hydrogens is 220 g/mol. The summed E-state index contributed by atoms with van der Waals surface area (Å²) in [5.41, 5.74) is 0. The highest BCUT2D eigenvalue weighted by Gasteiger charge is 2.23. The van der Waals surface area contributed by atoms with E-state index in [4.69, 9.17) is 0 Å². The first-order valence-corrected chi connectivity index (χ1v) is 6.07. The number of imide groups is 1. The van der Waals surface area contributed by atoms with E-state index in [2.05, 4.69) is 20.9 Å². The molecule has 0 bridgehead atoms. The highest BCUT2D eigenvalue weighted by molar-refractivity contribution is 5.95. The molecule has 1 rings (SSSR count). The van der Waals surface area contributed by atoms with Crippen molar-refractivity contribution in [2.75, 3.05) is 33.7 Å². The van der Waals surface area contributed by atoms with Gasteiger partial charge in [-0.25, -0.2) is 4.79 Å². The fourth-order valence-corrected chi connectivity index (χ4v) is 2.15. The first kappa shape index (κ1) is 13.9. The molecule has 6 nitrogen and oxygen atoms in total. The number of hydrogen-bond donors (Lipinski definition) is 3. The number of nitrogens with one attached hydrogen (secondary N) is 3. The minimum absolute atomic E-state index is 0.243. The molecule has 1 aliphatic heterocycles. The molecule has 6 heteroatoms. The third kappa shape index (κ3) is 4.70. The maximum Gasteiger partial charge on any atom is 0.321 e. The average molecular weight is 242 g/mol. The van der Waals surface area contributed by atoms with Crippen LogP contribution in [0.2, 0.25) is 0 Å². The van der Waals surface area contributed by atoms with Gasteiger partial charge in [0.15, 0.2) is 0 Å². The first-order chi connectivity index (χ1) is 8.17. The number of piperidine rings is 1. The van der Waals surface area contributed by atoms with Gasteiger partial charge in [0.2, 0.25) is 5.91 Å². The third-order valence-electron chi connectivity index (χ3n) is 3.02. The summed E-state index contributed by atoms with van der Waals surface area (Å²) in [5.74, 6) is -0.243. The summed E-state index contributed by atoms with van der Waals surface area (Å²) in [6, 6.07) is -0.0543. The third-order valence-corrected chi connectivity index (χ3v) is 3.02. The second-order valence-corrected chi connectivity index (χ2v) is 4.31. The number of likely N-dealkylation sites (tertiary alicyclic amines) is 1. The van der Waals surface area contributed by atoms with Gasteiger partial charge < -0.3 is 10.6 Å². The Morgan fingerprint density at radius 3 is 2.71 bits per heavy atom. The summed E-state index contributed by atoms with van der Waals surface area (Å²) in [6.07, 6.45) is 3.43. The lowest BCUT2D eigenvalue weighted by Gasteiger charge is -2.34. The maximum atomic E-state index is 11.6. The smallest absolute Gasteiger partial charge is 0.321 e. The van der Waals surface area contributed by atoms with Crippen LogP contribution >= 0.6 is 0 Å². The Bertz CT molecular complexity index is 268. The molecule has 3 amide bonds. The Labute approximate surface area is 102 Å². The average Bonchev–Trinajstić information content (AvgIpc) is 2.31. The fourth-order valence-electron chi connectivity index (χ4n) is 2.15. The van der Waals surface area contributed by atoms with Crippen LogP contribution in [0.3, 0.4) is 0 Å². The van der Waals surface area contributed by atoms with E-state index >= 15 is 0 Å². The fraction of sp³-hybridized carbons (Fsp3) is 0.818. The minimum atomic E-state index is -0.447. The molecule has 17 heavy (non-hydrogen) atoms. The number of hydrogen-bond acceptors (Lipinski definition) is 4. The van der Waals surface area contributed by atoms with Crippen LogP contribution in [0.5, 0.6) is 0 Å². The molecule has 1 aliphatic rings. The van der Waals surface area contributed by atoms with Crippen LogP contribution < -0.4 is 16.0 Å². The molecule has 3 N–H and O–H groups in total. The van der Waals surface area contributed by atoms with E-state index in [-0.39, 0.29) is 5.91 Å². The van der Waals surface area contributed by atoms with Gasteiger partial charge in [0, 0.05) is 19.6 Å². The molecule has 1 saturated heterocycles. The van der Waals surface area contributed by atoms with Crippen LogP contribution in [0, 0.1) is 0 Å². The van der Waals surface area contributed by atoms with Crippen LogP contribution in [0.15, 0.2) is 0 Å². The molecule has 1 unspecified atom stereocenters. The number of carbonyl (C=O) groups is 2. The van der Waals surface area contributed by atoms with Gasteiger partial charge in [-0.2, -0.15) is 0 Å². The van der Waals surface area contributed by atoms with Gasteiger partial charge in [-0.3, -0.25) is 15.0 Å². The molecule has 1 fully saturated rings. The van der Waals surface area contributed by atoms with Gasteiger partial charge in [-0.1, -0.05) is 6.42 Å². The van der Waals surface area contributed by atoms with Crippen LogP contribution in [-0.4, -0.2) is 56.6 Å². The van der Waals surface area contributed by atoms with Crippen molar-refractivity contribution in [3.63, 3.8) is 0 Å². The Morgan fingerprint density at radius 1 is 1.29 bits per heavy atom. The number of carbonyl (C=O) groups excluding carboxylic acids is 2. The predicted molar refractivity (Wildman–Crippen MR) is 65.7 cm³/mol. The highest BCUT2D eigenvalue weighted by atomic mass is 16.2. The zero-order chi connectivity index (χ0) is 12.7. The van der Waals surface area contributed by atoms with Crippen LogP contribution in [0.25, 0.3) is 0 Å². The second kappa shape index (κ2) is 7.24.